The molecule has 0 unspecified atom stereocenters. The van der Waals surface area contributed by atoms with E-state index in [2.05, 4.69) is 10.6 Å². The quantitative estimate of drug-likeness (QED) is 0.677. The highest BCUT2D eigenvalue weighted by Gasteiger charge is 2.35. The number of benzene rings is 1. The van der Waals surface area contributed by atoms with Crippen molar-refractivity contribution < 1.29 is 19.2 Å². The van der Waals surface area contributed by atoms with E-state index in [0.29, 0.717) is 17.8 Å². The fourth-order valence-corrected chi connectivity index (χ4v) is 4.57. The summed E-state index contributed by atoms with van der Waals surface area (Å²) in [4.78, 5) is 26.3. The third kappa shape index (κ3) is 4.04. The first kappa shape index (κ1) is 18.8. The Hall–Kier alpha value is -1.99. The Kier molecular flexibility index (Phi) is 5.88. The standard InChI is InChI=1S/C19H25N3O3S/c1-12-4-5-13(2)14(10-12)17-16(18(23)25-3)15(20-19(24)21-17)11-22-6-8-26-9-7-22/h4-5,10,17H,6-9,11H2,1-3H3,(H2,20,21,24)/p+1/t17-/m1/s1. The minimum absolute atomic E-state index is 0.274. The van der Waals surface area contributed by atoms with Gasteiger partial charge in [0.15, 0.2) is 0 Å². The maximum atomic E-state index is 12.6. The van der Waals surface area contributed by atoms with Crippen LogP contribution in [0.5, 0.6) is 0 Å². The number of urea groups is 1. The molecule has 0 saturated carbocycles. The van der Waals surface area contributed by atoms with Gasteiger partial charge in [-0.3, -0.25) is 0 Å². The molecule has 0 aromatic heterocycles. The number of amides is 2. The minimum Gasteiger partial charge on any atom is -0.466 e. The van der Waals surface area contributed by atoms with Crippen LogP contribution in [0.25, 0.3) is 0 Å². The summed E-state index contributed by atoms with van der Waals surface area (Å²) in [6.45, 7) is 6.67. The highest BCUT2D eigenvalue weighted by molar-refractivity contribution is 7.99. The lowest BCUT2D eigenvalue weighted by molar-refractivity contribution is -0.891. The summed E-state index contributed by atoms with van der Waals surface area (Å²) >= 11 is 1.95. The van der Waals surface area contributed by atoms with Crippen molar-refractivity contribution in [2.45, 2.75) is 19.9 Å². The van der Waals surface area contributed by atoms with Crippen LogP contribution in [0.2, 0.25) is 0 Å². The van der Waals surface area contributed by atoms with Gasteiger partial charge in [0.25, 0.3) is 0 Å². The zero-order valence-corrected chi connectivity index (χ0v) is 16.3. The number of nitrogens with one attached hydrogen (secondary N) is 3. The average Bonchev–Trinajstić information content (AvgIpc) is 2.63. The molecular weight excluding hydrogens is 350 g/mol. The number of aryl methyl sites for hydroxylation is 2. The molecule has 1 aromatic rings. The summed E-state index contributed by atoms with van der Waals surface area (Å²) in [5.74, 6) is 1.80. The number of hydrogen-bond donors (Lipinski definition) is 3. The predicted octanol–water partition coefficient (Wildman–Crippen LogP) is 0.716. The second-order valence-corrected chi connectivity index (χ2v) is 8.04. The van der Waals surface area contributed by atoms with Gasteiger partial charge in [-0.2, -0.15) is 11.8 Å². The first-order chi connectivity index (χ1) is 12.5. The Morgan fingerprint density at radius 3 is 2.73 bits per heavy atom. The number of carbonyl (C=O) groups excluding carboxylic acids is 2. The molecule has 0 radical (unpaired) electrons. The Labute approximate surface area is 158 Å². The molecule has 0 spiro atoms. The summed E-state index contributed by atoms with van der Waals surface area (Å²) in [7, 11) is 1.38. The van der Waals surface area contributed by atoms with Crippen molar-refractivity contribution in [2.24, 2.45) is 0 Å². The maximum absolute atomic E-state index is 12.6. The van der Waals surface area contributed by atoms with Gasteiger partial charge >= 0.3 is 12.0 Å². The molecular formula is C19H26N3O3S+. The van der Waals surface area contributed by atoms with Crippen molar-refractivity contribution in [3.8, 4) is 0 Å². The Morgan fingerprint density at radius 1 is 1.31 bits per heavy atom. The van der Waals surface area contributed by atoms with Gasteiger partial charge in [-0.15, -0.1) is 0 Å². The van der Waals surface area contributed by atoms with Crippen molar-refractivity contribution >= 4 is 23.8 Å². The number of quaternary nitrogens is 1. The van der Waals surface area contributed by atoms with Crippen LogP contribution in [0, 0.1) is 13.8 Å². The third-order valence-corrected chi connectivity index (χ3v) is 5.92. The van der Waals surface area contributed by atoms with E-state index >= 15 is 0 Å². The molecule has 0 bridgehead atoms. The largest absolute Gasteiger partial charge is 0.466 e. The van der Waals surface area contributed by atoms with Crippen LogP contribution in [0.1, 0.15) is 22.7 Å². The lowest BCUT2D eigenvalue weighted by Gasteiger charge is -2.32. The van der Waals surface area contributed by atoms with Gasteiger partial charge in [0.05, 0.1) is 37.5 Å². The summed E-state index contributed by atoms with van der Waals surface area (Å²) < 4.78 is 5.06. The van der Waals surface area contributed by atoms with Crippen molar-refractivity contribution in [2.75, 3.05) is 38.2 Å². The summed E-state index contributed by atoms with van der Waals surface area (Å²) in [6, 6.07) is 5.30. The normalized spacial score (nSPS) is 21.2. The first-order valence-electron chi connectivity index (χ1n) is 8.87. The van der Waals surface area contributed by atoms with E-state index in [4.69, 9.17) is 4.74 Å². The van der Waals surface area contributed by atoms with Crippen LogP contribution in [0.3, 0.4) is 0 Å². The number of rotatable bonds is 4. The molecule has 140 valence electrons. The highest BCUT2D eigenvalue weighted by atomic mass is 32.2. The van der Waals surface area contributed by atoms with Crippen molar-refractivity contribution in [3.63, 3.8) is 0 Å². The fourth-order valence-electron chi connectivity index (χ4n) is 3.50. The van der Waals surface area contributed by atoms with Crippen LogP contribution in [0.15, 0.2) is 29.5 Å². The van der Waals surface area contributed by atoms with Gasteiger partial charge in [0.2, 0.25) is 0 Å². The van der Waals surface area contributed by atoms with Crippen LogP contribution in [-0.4, -0.2) is 50.3 Å². The minimum atomic E-state index is -0.496. The molecule has 0 aliphatic carbocycles. The van der Waals surface area contributed by atoms with Crippen molar-refractivity contribution in [3.05, 3.63) is 46.2 Å². The Morgan fingerprint density at radius 2 is 2.04 bits per heavy atom. The molecule has 1 atom stereocenters. The van der Waals surface area contributed by atoms with E-state index in [1.54, 1.807) is 0 Å². The van der Waals surface area contributed by atoms with Crippen LogP contribution < -0.4 is 15.5 Å². The van der Waals surface area contributed by atoms with Crippen molar-refractivity contribution in [1.29, 1.82) is 0 Å². The lowest BCUT2D eigenvalue weighted by Crippen LogP contribution is -3.14. The van der Waals surface area contributed by atoms with E-state index < -0.39 is 12.0 Å². The zero-order chi connectivity index (χ0) is 18.7. The molecule has 6 nitrogen and oxygen atoms in total. The molecule has 3 rings (SSSR count). The summed E-state index contributed by atoms with van der Waals surface area (Å²) in [5.41, 5.74) is 4.23. The van der Waals surface area contributed by atoms with Gasteiger partial charge in [-0.25, -0.2) is 9.59 Å². The number of ether oxygens (including phenoxy) is 1. The van der Waals surface area contributed by atoms with Gasteiger partial charge in [0.1, 0.15) is 6.54 Å². The van der Waals surface area contributed by atoms with E-state index in [1.165, 1.54) is 12.0 Å². The van der Waals surface area contributed by atoms with Crippen LogP contribution in [-0.2, 0) is 9.53 Å². The smallest absolute Gasteiger partial charge is 0.338 e. The predicted molar refractivity (Wildman–Crippen MR) is 102 cm³/mol. The Bertz CT molecular complexity index is 742. The maximum Gasteiger partial charge on any atom is 0.338 e. The number of thioether (sulfide) groups is 1. The summed E-state index contributed by atoms with van der Waals surface area (Å²) in [6.07, 6.45) is 0. The van der Waals surface area contributed by atoms with Gasteiger partial charge < -0.3 is 20.3 Å². The lowest BCUT2D eigenvalue weighted by atomic mass is 9.91. The average molecular weight is 377 g/mol. The first-order valence-corrected chi connectivity index (χ1v) is 10.0. The molecule has 2 aliphatic rings. The monoisotopic (exact) mass is 376 g/mol. The summed E-state index contributed by atoms with van der Waals surface area (Å²) in [5, 5.41) is 5.78. The molecule has 2 aliphatic heterocycles. The molecule has 1 saturated heterocycles. The van der Waals surface area contributed by atoms with Gasteiger partial charge in [-0.05, 0) is 25.0 Å². The van der Waals surface area contributed by atoms with E-state index in [0.717, 1.165) is 41.3 Å². The molecule has 2 amide bonds. The molecule has 2 heterocycles. The van der Waals surface area contributed by atoms with Crippen LogP contribution >= 0.6 is 11.8 Å². The number of hydrogen-bond acceptors (Lipinski definition) is 4. The van der Waals surface area contributed by atoms with Crippen LogP contribution in [0.4, 0.5) is 4.79 Å². The topological polar surface area (TPSA) is 71.9 Å². The molecule has 1 aromatic carbocycles. The van der Waals surface area contributed by atoms with E-state index in [9.17, 15) is 9.59 Å². The Balaban J connectivity index is 2.03. The van der Waals surface area contributed by atoms with Crippen molar-refractivity contribution in [1.82, 2.24) is 10.6 Å². The van der Waals surface area contributed by atoms with Gasteiger partial charge in [0, 0.05) is 11.5 Å². The number of methoxy groups -OCH3 is 1. The number of carbonyl (C=O) groups is 2. The second kappa shape index (κ2) is 8.14. The van der Waals surface area contributed by atoms with E-state index in [-0.39, 0.29) is 6.03 Å². The molecule has 1 fully saturated rings. The highest BCUT2D eigenvalue weighted by Crippen LogP contribution is 2.30. The SMILES string of the molecule is COC(=O)C1=C(C[NH+]2CCSCC2)NC(=O)N[C@@H]1c1cc(C)ccc1C. The van der Waals surface area contributed by atoms with E-state index in [1.807, 2.05) is 43.8 Å². The van der Waals surface area contributed by atoms with Gasteiger partial charge in [-0.1, -0.05) is 23.8 Å². The zero-order valence-electron chi connectivity index (χ0n) is 15.5. The molecule has 7 heteroatoms. The number of esters is 1. The second-order valence-electron chi connectivity index (χ2n) is 6.81. The third-order valence-electron chi connectivity index (χ3n) is 4.93. The molecule has 26 heavy (non-hydrogen) atoms. The fraction of sp³-hybridized carbons (Fsp3) is 0.474. The molecule has 3 N–H and O–H groups in total.